The zero-order valence-electron chi connectivity index (χ0n) is 14.9. The smallest absolute Gasteiger partial charge is 0.262 e. The number of fused-ring (bicyclic) bond motifs is 2. The van der Waals surface area contributed by atoms with Crippen LogP contribution < -0.4 is 0 Å². The van der Waals surface area contributed by atoms with E-state index in [0.29, 0.717) is 12.5 Å². The fourth-order valence-electron chi connectivity index (χ4n) is 5.28. The topological polar surface area (TPSA) is 58.4 Å². The Hall–Kier alpha value is -1.70. The number of aryl methyl sites for hydroxylation is 1. The van der Waals surface area contributed by atoms with Gasteiger partial charge >= 0.3 is 0 Å². The SMILES string of the molecule is Cn1cnc(S(=O)(=O)N2C[C@@H](c3ccccc3)[C@@H]3[C@H]2C2CCN3CC2)c1. The molecule has 0 N–H and O–H groups in total. The maximum Gasteiger partial charge on any atom is 0.262 e. The average molecular weight is 372 g/mol. The summed E-state index contributed by atoms with van der Waals surface area (Å²) in [7, 11) is -1.77. The molecule has 0 amide bonds. The first kappa shape index (κ1) is 16.5. The number of hydrogen-bond acceptors (Lipinski definition) is 4. The van der Waals surface area contributed by atoms with Crippen LogP contribution in [0.1, 0.15) is 24.3 Å². The second-order valence-electron chi connectivity index (χ2n) is 7.82. The maximum atomic E-state index is 13.4. The van der Waals surface area contributed by atoms with E-state index in [1.807, 2.05) is 6.07 Å². The standard InChI is InChI=1S/C19H24N4O2S/c1-21-12-17(20-13-21)26(24,25)23-11-16(14-5-3-2-4-6-14)19-18(23)15-7-9-22(19)10-8-15/h2-6,12-13,15-16,18-19H,7-11H2,1H3/t16-,18+,19+/m0/s1. The van der Waals surface area contributed by atoms with Crippen LogP contribution in [-0.2, 0) is 17.1 Å². The molecule has 5 heterocycles. The van der Waals surface area contributed by atoms with Crippen molar-refractivity contribution in [1.82, 2.24) is 18.8 Å². The lowest BCUT2D eigenvalue weighted by atomic mass is 9.75. The van der Waals surface area contributed by atoms with Crippen molar-refractivity contribution in [2.45, 2.75) is 35.9 Å². The van der Waals surface area contributed by atoms with E-state index in [9.17, 15) is 8.42 Å². The Morgan fingerprint density at radius 1 is 1.08 bits per heavy atom. The van der Waals surface area contributed by atoms with Gasteiger partial charge in [-0.2, -0.15) is 4.31 Å². The van der Waals surface area contributed by atoms with Crippen molar-refractivity contribution < 1.29 is 8.42 Å². The molecular weight excluding hydrogens is 348 g/mol. The number of sulfonamides is 1. The minimum Gasteiger partial charge on any atom is -0.339 e. The van der Waals surface area contributed by atoms with Crippen LogP contribution in [-0.4, -0.2) is 58.9 Å². The highest BCUT2D eigenvalue weighted by atomic mass is 32.2. The molecule has 7 heteroatoms. The van der Waals surface area contributed by atoms with E-state index >= 15 is 0 Å². The van der Waals surface area contributed by atoms with E-state index in [0.717, 1.165) is 25.9 Å². The van der Waals surface area contributed by atoms with Crippen molar-refractivity contribution in [1.29, 1.82) is 0 Å². The van der Waals surface area contributed by atoms with Gasteiger partial charge in [-0.1, -0.05) is 30.3 Å². The van der Waals surface area contributed by atoms with Crippen molar-refractivity contribution in [3.8, 4) is 0 Å². The molecule has 2 bridgehead atoms. The molecule has 0 saturated carbocycles. The Balaban J connectivity index is 1.58. The molecule has 0 unspecified atom stereocenters. The van der Waals surface area contributed by atoms with E-state index in [1.54, 1.807) is 28.4 Å². The summed E-state index contributed by atoms with van der Waals surface area (Å²) in [6, 6.07) is 10.8. The fraction of sp³-hybridized carbons (Fsp3) is 0.526. The van der Waals surface area contributed by atoms with E-state index in [4.69, 9.17) is 0 Å². The molecule has 3 atom stereocenters. The predicted octanol–water partition coefficient (Wildman–Crippen LogP) is 1.67. The van der Waals surface area contributed by atoms with E-state index < -0.39 is 10.0 Å². The molecule has 6 rings (SSSR count). The van der Waals surface area contributed by atoms with Crippen LogP contribution in [0.2, 0.25) is 0 Å². The normalized spacial score (nSPS) is 34.1. The van der Waals surface area contributed by atoms with Gasteiger partial charge in [0.05, 0.1) is 6.33 Å². The maximum absolute atomic E-state index is 13.4. The Bertz CT molecular complexity index is 903. The van der Waals surface area contributed by atoms with E-state index in [2.05, 4.69) is 34.1 Å². The molecule has 2 aromatic rings. The third kappa shape index (κ3) is 2.37. The fourth-order valence-corrected chi connectivity index (χ4v) is 6.97. The summed E-state index contributed by atoms with van der Waals surface area (Å²) >= 11 is 0. The van der Waals surface area contributed by atoms with E-state index in [-0.39, 0.29) is 23.0 Å². The van der Waals surface area contributed by atoms with Crippen LogP contribution in [0.4, 0.5) is 0 Å². The summed E-state index contributed by atoms with van der Waals surface area (Å²) < 4.78 is 30.2. The van der Waals surface area contributed by atoms with Crippen LogP contribution in [0.3, 0.4) is 0 Å². The van der Waals surface area contributed by atoms with Crippen molar-refractivity contribution in [2.24, 2.45) is 13.0 Å². The van der Waals surface area contributed by atoms with Gasteiger partial charge in [-0.3, -0.25) is 4.90 Å². The quantitative estimate of drug-likeness (QED) is 0.822. The van der Waals surface area contributed by atoms with Crippen LogP contribution in [0.25, 0.3) is 0 Å². The number of rotatable bonds is 3. The number of nitrogens with zero attached hydrogens (tertiary/aromatic N) is 4. The molecule has 4 saturated heterocycles. The lowest BCUT2D eigenvalue weighted by Gasteiger charge is -2.50. The van der Waals surface area contributed by atoms with Gasteiger partial charge in [-0.05, 0) is 37.4 Å². The first-order valence-electron chi connectivity index (χ1n) is 9.34. The van der Waals surface area contributed by atoms with Gasteiger partial charge in [-0.15, -0.1) is 0 Å². The molecule has 1 aromatic carbocycles. The van der Waals surface area contributed by atoms with Gasteiger partial charge in [0.2, 0.25) is 0 Å². The molecule has 0 aliphatic carbocycles. The van der Waals surface area contributed by atoms with Crippen LogP contribution >= 0.6 is 0 Å². The Labute approximate surface area is 154 Å². The van der Waals surface area contributed by atoms with Crippen molar-refractivity contribution in [2.75, 3.05) is 19.6 Å². The second-order valence-corrected chi connectivity index (χ2v) is 9.66. The molecule has 4 aliphatic rings. The zero-order chi connectivity index (χ0) is 17.9. The number of hydrogen-bond donors (Lipinski definition) is 0. The largest absolute Gasteiger partial charge is 0.339 e. The predicted molar refractivity (Wildman–Crippen MR) is 98.2 cm³/mol. The summed E-state index contributed by atoms with van der Waals surface area (Å²) in [5.41, 5.74) is 1.24. The molecule has 6 nitrogen and oxygen atoms in total. The van der Waals surface area contributed by atoms with Gasteiger partial charge in [0.1, 0.15) is 0 Å². The summed E-state index contributed by atoms with van der Waals surface area (Å²) in [6.07, 6.45) is 5.36. The highest BCUT2D eigenvalue weighted by Gasteiger charge is 2.56. The van der Waals surface area contributed by atoms with Crippen LogP contribution in [0.5, 0.6) is 0 Å². The second kappa shape index (κ2) is 5.90. The minimum absolute atomic E-state index is 0.0645. The molecule has 138 valence electrons. The highest BCUT2D eigenvalue weighted by Crippen LogP contribution is 2.48. The van der Waals surface area contributed by atoms with Crippen molar-refractivity contribution in [3.63, 3.8) is 0 Å². The molecule has 0 spiro atoms. The van der Waals surface area contributed by atoms with Gasteiger partial charge < -0.3 is 4.57 Å². The Kier molecular flexibility index (Phi) is 3.74. The van der Waals surface area contributed by atoms with Crippen LogP contribution in [0, 0.1) is 5.92 Å². The van der Waals surface area contributed by atoms with E-state index in [1.165, 1.54) is 5.56 Å². The summed E-state index contributed by atoms with van der Waals surface area (Å²) in [5, 5.41) is 0.170. The first-order chi connectivity index (χ1) is 12.6. The van der Waals surface area contributed by atoms with Gasteiger partial charge in [0, 0.05) is 37.8 Å². The van der Waals surface area contributed by atoms with Gasteiger partial charge in [0.25, 0.3) is 10.0 Å². The number of piperidine rings is 3. The van der Waals surface area contributed by atoms with Gasteiger partial charge in [0.15, 0.2) is 5.03 Å². The lowest BCUT2D eigenvalue weighted by Crippen LogP contribution is -2.60. The molecule has 1 aromatic heterocycles. The Morgan fingerprint density at radius 2 is 1.81 bits per heavy atom. The molecule has 26 heavy (non-hydrogen) atoms. The summed E-state index contributed by atoms with van der Waals surface area (Å²) in [5.74, 6) is 0.681. The minimum atomic E-state index is -3.58. The zero-order valence-corrected chi connectivity index (χ0v) is 15.7. The number of aromatic nitrogens is 2. The molecular formula is C19H24N4O2S. The monoisotopic (exact) mass is 372 g/mol. The molecule has 0 radical (unpaired) electrons. The van der Waals surface area contributed by atoms with Crippen LogP contribution in [0.15, 0.2) is 47.9 Å². The number of imidazole rings is 1. The third-order valence-electron chi connectivity index (χ3n) is 6.43. The Morgan fingerprint density at radius 3 is 2.46 bits per heavy atom. The number of benzene rings is 1. The molecule has 4 aliphatic heterocycles. The van der Waals surface area contributed by atoms with Crippen molar-refractivity contribution >= 4 is 10.0 Å². The third-order valence-corrected chi connectivity index (χ3v) is 8.18. The summed E-state index contributed by atoms with van der Waals surface area (Å²) in [4.78, 5) is 6.67. The average Bonchev–Trinajstić information content (AvgIpc) is 3.29. The van der Waals surface area contributed by atoms with Crippen molar-refractivity contribution in [3.05, 3.63) is 48.4 Å². The first-order valence-corrected chi connectivity index (χ1v) is 10.8. The molecule has 4 fully saturated rings. The highest BCUT2D eigenvalue weighted by molar-refractivity contribution is 7.89. The van der Waals surface area contributed by atoms with Gasteiger partial charge in [-0.25, -0.2) is 13.4 Å². The summed E-state index contributed by atoms with van der Waals surface area (Å²) in [6.45, 7) is 2.73. The lowest BCUT2D eigenvalue weighted by molar-refractivity contribution is 0.0122.